The van der Waals surface area contributed by atoms with Crippen LogP contribution in [0.4, 0.5) is 0 Å². The zero-order valence-corrected chi connectivity index (χ0v) is 16.2. The van der Waals surface area contributed by atoms with Gasteiger partial charge in [0, 0.05) is 23.3 Å². The first-order valence-corrected chi connectivity index (χ1v) is 9.30. The maximum Gasteiger partial charge on any atom is 0.339 e. The predicted octanol–water partition coefficient (Wildman–Crippen LogP) is 4.44. The maximum absolute atomic E-state index is 12.9. The van der Waals surface area contributed by atoms with Crippen LogP contribution in [0.25, 0.3) is 22.2 Å². The Bertz CT molecular complexity index is 1210. The maximum atomic E-state index is 12.9. The summed E-state index contributed by atoms with van der Waals surface area (Å²) >= 11 is 0. The summed E-state index contributed by atoms with van der Waals surface area (Å²) in [5.41, 5.74) is 3.90. The van der Waals surface area contributed by atoms with E-state index in [0.29, 0.717) is 22.3 Å². The van der Waals surface area contributed by atoms with E-state index < -0.39 is 11.9 Å². The van der Waals surface area contributed by atoms with Gasteiger partial charge in [-0.05, 0) is 42.0 Å². The molecule has 0 bridgehead atoms. The fourth-order valence-corrected chi connectivity index (χ4v) is 3.10. The summed E-state index contributed by atoms with van der Waals surface area (Å²) in [6.07, 6.45) is 3.37. The van der Waals surface area contributed by atoms with Gasteiger partial charge in [0.1, 0.15) is 6.61 Å². The van der Waals surface area contributed by atoms with E-state index in [0.717, 1.165) is 16.5 Å². The number of benzene rings is 2. The minimum absolute atomic E-state index is 0.0848. The Labute approximate surface area is 173 Å². The van der Waals surface area contributed by atoms with E-state index in [4.69, 9.17) is 4.74 Å². The van der Waals surface area contributed by atoms with Gasteiger partial charge >= 0.3 is 11.9 Å². The largest absolute Gasteiger partial charge is 0.465 e. The molecular formula is C24H18N2O4. The number of methoxy groups -OCH3 is 1. The highest BCUT2D eigenvalue weighted by Gasteiger charge is 2.15. The molecule has 6 nitrogen and oxygen atoms in total. The number of para-hydroxylation sites is 1. The van der Waals surface area contributed by atoms with Gasteiger partial charge in [0.25, 0.3) is 0 Å². The lowest BCUT2D eigenvalue weighted by molar-refractivity contribution is 0.0473. The number of nitrogens with zero attached hydrogens (tertiary/aromatic N) is 2. The number of carbonyl (C=O) groups excluding carboxylic acids is 2. The fraction of sp³-hybridized carbons (Fsp3) is 0.0833. The second-order valence-electron chi connectivity index (χ2n) is 6.57. The van der Waals surface area contributed by atoms with E-state index in [2.05, 4.69) is 14.7 Å². The predicted molar refractivity (Wildman–Crippen MR) is 112 cm³/mol. The van der Waals surface area contributed by atoms with E-state index in [9.17, 15) is 9.59 Å². The molecule has 0 aliphatic carbocycles. The molecule has 30 heavy (non-hydrogen) atoms. The Morgan fingerprint density at radius 1 is 0.900 bits per heavy atom. The van der Waals surface area contributed by atoms with Crippen molar-refractivity contribution < 1.29 is 19.1 Å². The molecule has 2 heterocycles. The Balaban J connectivity index is 1.60. The highest BCUT2D eigenvalue weighted by molar-refractivity contribution is 6.04. The number of hydrogen-bond acceptors (Lipinski definition) is 6. The smallest absolute Gasteiger partial charge is 0.339 e. The van der Waals surface area contributed by atoms with E-state index in [-0.39, 0.29) is 6.61 Å². The monoisotopic (exact) mass is 398 g/mol. The molecule has 2 aromatic carbocycles. The van der Waals surface area contributed by atoms with Crippen LogP contribution in [0.1, 0.15) is 26.3 Å². The molecule has 0 radical (unpaired) electrons. The first-order chi connectivity index (χ1) is 14.7. The van der Waals surface area contributed by atoms with Gasteiger partial charge in [-0.15, -0.1) is 0 Å². The molecule has 0 fully saturated rings. The minimum Gasteiger partial charge on any atom is -0.465 e. The number of aromatic nitrogens is 2. The minimum atomic E-state index is -0.444. The van der Waals surface area contributed by atoms with Gasteiger partial charge in [-0.2, -0.15) is 0 Å². The van der Waals surface area contributed by atoms with Crippen LogP contribution < -0.4 is 0 Å². The number of pyridine rings is 2. The molecule has 6 heteroatoms. The molecule has 0 amide bonds. The number of fused-ring (bicyclic) bond motifs is 1. The van der Waals surface area contributed by atoms with Crippen molar-refractivity contribution in [2.45, 2.75) is 6.61 Å². The van der Waals surface area contributed by atoms with E-state index in [1.165, 1.54) is 7.11 Å². The van der Waals surface area contributed by atoms with Crippen LogP contribution in [-0.2, 0) is 16.1 Å². The normalized spacial score (nSPS) is 10.6. The van der Waals surface area contributed by atoms with Gasteiger partial charge in [-0.1, -0.05) is 30.3 Å². The Morgan fingerprint density at radius 3 is 2.37 bits per heavy atom. The van der Waals surface area contributed by atoms with Crippen molar-refractivity contribution in [3.8, 4) is 11.3 Å². The van der Waals surface area contributed by atoms with Crippen LogP contribution in [0.5, 0.6) is 0 Å². The third-order valence-corrected chi connectivity index (χ3v) is 4.66. The third kappa shape index (κ3) is 4.03. The molecule has 4 aromatic rings. The summed E-state index contributed by atoms with van der Waals surface area (Å²) in [5, 5.41) is 0.723. The van der Waals surface area contributed by atoms with Gasteiger partial charge in [0.05, 0.1) is 29.4 Å². The molecule has 0 saturated heterocycles. The number of hydrogen-bond donors (Lipinski definition) is 0. The molecule has 148 valence electrons. The average Bonchev–Trinajstić information content (AvgIpc) is 2.82. The first kappa shape index (κ1) is 19.3. The van der Waals surface area contributed by atoms with Crippen LogP contribution in [0.15, 0.2) is 79.1 Å². The molecule has 0 spiro atoms. The van der Waals surface area contributed by atoms with Crippen molar-refractivity contribution >= 4 is 22.8 Å². The van der Waals surface area contributed by atoms with Crippen LogP contribution in [0.2, 0.25) is 0 Å². The Hall–Kier alpha value is -4.06. The van der Waals surface area contributed by atoms with Gasteiger partial charge in [0.2, 0.25) is 0 Å². The van der Waals surface area contributed by atoms with Crippen LogP contribution in [0, 0.1) is 0 Å². The molecule has 4 rings (SSSR count). The lowest BCUT2D eigenvalue weighted by Crippen LogP contribution is -2.07. The fourth-order valence-electron chi connectivity index (χ4n) is 3.10. The van der Waals surface area contributed by atoms with Crippen molar-refractivity contribution in [3.63, 3.8) is 0 Å². The standard InChI is InChI=1S/C24H18N2O4/c1-29-23(27)18-8-6-16(7-9-18)15-30-24(28)20-14-22(17-10-12-25-13-11-17)26-21-5-3-2-4-19(20)21/h2-14H,15H2,1H3. The van der Waals surface area contributed by atoms with Gasteiger partial charge in [-0.25, -0.2) is 14.6 Å². The molecule has 0 aliphatic rings. The summed E-state index contributed by atoms with van der Waals surface area (Å²) in [6.45, 7) is 0.0848. The molecule has 2 aromatic heterocycles. The van der Waals surface area contributed by atoms with Gasteiger partial charge in [0.15, 0.2) is 0 Å². The molecule has 0 saturated carbocycles. The average molecular weight is 398 g/mol. The molecule has 0 N–H and O–H groups in total. The number of rotatable bonds is 5. The Morgan fingerprint density at radius 2 is 1.63 bits per heavy atom. The number of carbonyl (C=O) groups is 2. The van der Waals surface area contributed by atoms with Crippen molar-refractivity contribution in [3.05, 3.63) is 95.8 Å². The van der Waals surface area contributed by atoms with Crippen molar-refractivity contribution in [1.29, 1.82) is 0 Å². The van der Waals surface area contributed by atoms with E-state index in [1.807, 2.05) is 36.4 Å². The third-order valence-electron chi connectivity index (χ3n) is 4.66. The highest BCUT2D eigenvalue weighted by Crippen LogP contribution is 2.25. The topological polar surface area (TPSA) is 78.4 Å². The molecule has 0 atom stereocenters. The highest BCUT2D eigenvalue weighted by atomic mass is 16.5. The zero-order valence-electron chi connectivity index (χ0n) is 16.2. The summed E-state index contributed by atoms with van der Waals surface area (Å²) in [7, 11) is 1.33. The van der Waals surface area contributed by atoms with Crippen molar-refractivity contribution in [1.82, 2.24) is 9.97 Å². The van der Waals surface area contributed by atoms with Gasteiger partial charge in [-0.3, -0.25) is 4.98 Å². The molecular weight excluding hydrogens is 380 g/mol. The summed E-state index contributed by atoms with van der Waals surface area (Å²) in [6, 6.07) is 19.6. The van der Waals surface area contributed by atoms with Crippen LogP contribution in [-0.4, -0.2) is 29.0 Å². The summed E-state index contributed by atoms with van der Waals surface area (Å²) in [4.78, 5) is 33.1. The van der Waals surface area contributed by atoms with E-state index in [1.54, 1.807) is 42.7 Å². The zero-order chi connectivity index (χ0) is 20.9. The second kappa shape index (κ2) is 8.53. The number of ether oxygens (including phenoxy) is 2. The summed E-state index contributed by atoms with van der Waals surface area (Å²) in [5.74, 6) is -0.855. The SMILES string of the molecule is COC(=O)c1ccc(COC(=O)c2cc(-c3ccncc3)nc3ccccc23)cc1. The van der Waals surface area contributed by atoms with Crippen molar-refractivity contribution in [2.24, 2.45) is 0 Å². The lowest BCUT2D eigenvalue weighted by atomic mass is 10.0. The quantitative estimate of drug-likeness (QED) is 0.463. The van der Waals surface area contributed by atoms with Crippen molar-refractivity contribution in [2.75, 3.05) is 7.11 Å². The van der Waals surface area contributed by atoms with Crippen LogP contribution in [0.3, 0.4) is 0 Å². The molecule has 0 aliphatic heterocycles. The second-order valence-corrected chi connectivity index (χ2v) is 6.57. The Kier molecular flexibility index (Phi) is 5.48. The van der Waals surface area contributed by atoms with Crippen LogP contribution >= 0.6 is 0 Å². The number of esters is 2. The lowest BCUT2D eigenvalue weighted by Gasteiger charge is -2.10. The van der Waals surface area contributed by atoms with E-state index >= 15 is 0 Å². The van der Waals surface area contributed by atoms with Gasteiger partial charge < -0.3 is 9.47 Å². The molecule has 0 unspecified atom stereocenters. The summed E-state index contributed by atoms with van der Waals surface area (Å²) < 4.78 is 10.2. The first-order valence-electron chi connectivity index (χ1n) is 9.30.